The number of aromatic nitrogens is 2. The first-order chi connectivity index (χ1) is 10.2. The van der Waals surface area contributed by atoms with Gasteiger partial charge in [-0.25, -0.2) is 0 Å². The Hall–Kier alpha value is -1.85. The number of nitrogens with one attached hydrogen (secondary N) is 1. The van der Waals surface area contributed by atoms with Crippen LogP contribution >= 0.6 is 11.3 Å². The third-order valence-electron chi connectivity index (χ3n) is 3.76. The molecule has 5 heteroatoms. The van der Waals surface area contributed by atoms with Crippen molar-refractivity contribution in [2.24, 2.45) is 7.05 Å². The highest BCUT2D eigenvalue weighted by Gasteiger charge is 2.17. The number of thiophene rings is 1. The van der Waals surface area contributed by atoms with E-state index in [0.717, 1.165) is 17.9 Å². The van der Waals surface area contributed by atoms with Gasteiger partial charge in [-0.1, -0.05) is 18.2 Å². The summed E-state index contributed by atoms with van der Waals surface area (Å²) >= 11 is 1.72. The molecule has 3 aromatic rings. The van der Waals surface area contributed by atoms with Gasteiger partial charge in [0.15, 0.2) is 0 Å². The van der Waals surface area contributed by atoms with Gasteiger partial charge >= 0.3 is 0 Å². The third-order valence-corrected chi connectivity index (χ3v) is 4.78. The Morgan fingerprint density at radius 1 is 1.38 bits per heavy atom. The summed E-state index contributed by atoms with van der Waals surface area (Å²) in [5.74, 6) is 0.918. The Morgan fingerprint density at radius 3 is 2.90 bits per heavy atom. The van der Waals surface area contributed by atoms with E-state index in [1.807, 2.05) is 30.2 Å². The van der Waals surface area contributed by atoms with Crippen LogP contribution in [0, 0.1) is 0 Å². The number of rotatable bonds is 5. The molecule has 0 fully saturated rings. The predicted octanol–water partition coefficient (Wildman–Crippen LogP) is 3.15. The molecule has 0 saturated carbocycles. The molecule has 2 aromatic heterocycles. The van der Waals surface area contributed by atoms with Crippen molar-refractivity contribution in [2.75, 3.05) is 14.2 Å². The SMILES string of the molecule is CNC(Cc1nn(C)c2ccccc12)c1cc(OC)cs1. The van der Waals surface area contributed by atoms with Crippen LogP contribution in [-0.2, 0) is 13.5 Å². The summed E-state index contributed by atoms with van der Waals surface area (Å²) in [4.78, 5) is 1.27. The standard InChI is InChI=1S/C16H19N3OS/c1-17-14(16-8-11(20-3)10-21-16)9-13-12-6-4-5-7-15(12)19(2)18-13/h4-8,10,14,17H,9H2,1-3H3. The molecular formula is C16H19N3OS. The molecule has 0 aliphatic heterocycles. The van der Waals surface area contributed by atoms with Crippen LogP contribution < -0.4 is 10.1 Å². The molecule has 0 aliphatic carbocycles. The van der Waals surface area contributed by atoms with Crippen LogP contribution in [-0.4, -0.2) is 23.9 Å². The first-order valence-corrected chi connectivity index (χ1v) is 7.81. The van der Waals surface area contributed by atoms with Crippen LogP contribution in [0.1, 0.15) is 16.6 Å². The molecule has 110 valence electrons. The fourth-order valence-corrected chi connectivity index (χ4v) is 3.57. The zero-order chi connectivity index (χ0) is 14.8. The number of hydrogen-bond acceptors (Lipinski definition) is 4. The van der Waals surface area contributed by atoms with Gasteiger partial charge in [-0.15, -0.1) is 11.3 Å². The van der Waals surface area contributed by atoms with Gasteiger partial charge in [0.05, 0.1) is 18.3 Å². The lowest BCUT2D eigenvalue weighted by atomic mass is 10.1. The van der Waals surface area contributed by atoms with Crippen LogP contribution in [0.4, 0.5) is 0 Å². The van der Waals surface area contributed by atoms with Crippen LogP contribution in [0.5, 0.6) is 5.75 Å². The molecule has 2 heterocycles. The number of nitrogens with zero attached hydrogens (tertiary/aromatic N) is 2. The van der Waals surface area contributed by atoms with Gasteiger partial charge in [-0.2, -0.15) is 5.10 Å². The minimum atomic E-state index is 0.247. The van der Waals surface area contributed by atoms with Gasteiger partial charge < -0.3 is 10.1 Å². The lowest BCUT2D eigenvalue weighted by molar-refractivity contribution is 0.416. The van der Waals surface area contributed by atoms with Gasteiger partial charge in [0.2, 0.25) is 0 Å². The minimum absolute atomic E-state index is 0.247. The summed E-state index contributed by atoms with van der Waals surface area (Å²) in [6, 6.07) is 10.7. The second-order valence-electron chi connectivity index (χ2n) is 5.02. The Morgan fingerprint density at radius 2 is 2.19 bits per heavy atom. The normalized spacial score (nSPS) is 12.7. The van der Waals surface area contributed by atoms with Gasteiger partial charge in [0, 0.05) is 35.2 Å². The number of benzene rings is 1. The van der Waals surface area contributed by atoms with Crippen molar-refractivity contribution >= 4 is 22.2 Å². The van der Waals surface area contributed by atoms with Crippen molar-refractivity contribution in [1.29, 1.82) is 0 Å². The predicted molar refractivity (Wildman–Crippen MR) is 87.1 cm³/mol. The largest absolute Gasteiger partial charge is 0.496 e. The fourth-order valence-electron chi connectivity index (χ4n) is 2.60. The van der Waals surface area contributed by atoms with Crippen molar-refractivity contribution in [3.05, 3.63) is 46.3 Å². The van der Waals surface area contributed by atoms with Gasteiger partial charge in [-0.05, 0) is 19.2 Å². The number of para-hydroxylation sites is 1. The van der Waals surface area contributed by atoms with E-state index in [1.54, 1.807) is 18.4 Å². The van der Waals surface area contributed by atoms with Crippen molar-refractivity contribution in [1.82, 2.24) is 15.1 Å². The molecule has 1 atom stereocenters. The summed E-state index contributed by atoms with van der Waals surface area (Å²) in [6.45, 7) is 0. The Bertz CT molecular complexity index is 747. The van der Waals surface area contributed by atoms with Crippen LogP contribution in [0.25, 0.3) is 10.9 Å². The maximum Gasteiger partial charge on any atom is 0.129 e. The lowest BCUT2D eigenvalue weighted by Gasteiger charge is -2.13. The summed E-state index contributed by atoms with van der Waals surface area (Å²) < 4.78 is 7.23. The number of fused-ring (bicyclic) bond motifs is 1. The zero-order valence-corrected chi connectivity index (χ0v) is 13.3. The van der Waals surface area contributed by atoms with Crippen LogP contribution in [0.2, 0.25) is 0 Å². The molecule has 1 N–H and O–H groups in total. The number of likely N-dealkylation sites (N-methyl/N-ethyl adjacent to an activating group) is 1. The molecule has 0 bridgehead atoms. The Balaban J connectivity index is 1.92. The first kappa shape index (κ1) is 14.1. The molecule has 0 saturated heterocycles. The summed E-state index contributed by atoms with van der Waals surface area (Å²) in [5, 5.41) is 11.3. The number of methoxy groups -OCH3 is 1. The van der Waals surface area contributed by atoms with E-state index < -0.39 is 0 Å². The average Bonchev–Trinajstić information content (AvgIpc) is 3.11. The monoisotopic (exact) mass is 301 g/mol. The summed E-state index contributed by atoms with van der Waals surface area (Å²) in [6.07, 6.45) is 0.863. The highest BCUT2D eigenvalue weighted by atomic mass is 32.1. The third kappa shape index (κ3) is 2.66. The van der Waals surface area contributed by atoms with Crippen molar-refractivity contribution in [2.45, 2.75) is 12.5 Å². The van der Waals surface area contributed by atoms with Crippen LogP contribution in [0.15, 0.2) is 35.7 Å². The highest BCUT2D eigenvalue weighted by Crippen LogP contribution is 2.30. The second kappa shape index (κ2) is 5.87. The van der Waals surface area contributed by atoms with Gasteiger partial charge in [0.1, 0.15) is 5.75 Å². The van der Waals surface area contributed by atoms with E-state index in [1.165, 1.54) is 15.8 Å². The highest BCUT2D eigenvalue weighted by molar-refractivity contribution is 7.10. The summed E-state index contributed by atoms with van der Waals surface area (Å²) in [5.41, 5.74) is 2.30. The van der Waals surface area contributed by atoms with Crippen molar-refractivity contribution < 1.29 is 4.74 Å². The molecule has 4 nitrogen and oxygen atoms in total. The Labute approximate surface area is 128 Å². The smallest absolute Gasteiger partial charge is 0.129 e. The molecule has 0 radical (unpaired) electrons. The molecule has 1 unspecified atom stereocenters. The Kier molecular flexibility index (Phi) is 3.94. The lowest BCUT2D eigenvalue weighted by Crippen LogP contribution is -2.18. The maximum atomic E-state index is 5.28. The molecule has 0 amide bonds. The molecule has 0 spiro atoms. The molecular weight excluding hydrogens is 282 g/mol. The van der Waals surface area contributed by atoms with Crippen molar-refractivity contribution in [3.63, 3.8) is 0 Å². The molecule has 21 heavy (non-hydrogen) atoms. The van der Waals surface area contributed by atoms with Gasteiger partial charge in [0.25, 0.3) is 0 Å². The average molecular weight is 301 g/mol. The van der Waals surface area contributed by atoms with E-state index in [9.17, 15) is 0 Å². The van der Waals surface area contributed by atoms with E-state index in [-0.39, 0.29) is 6.04 Å². The fraction of sp³-hybridized carbons (Fsp3) is 0.312. The molecule has 0 aliphatic rings. The van der Waals surface area contributed by atoms with E-state index >= 15 is 0 Å². The van der Waals surface area contributed by atoms with Gasteiger partial charge in [-0.3, -0.25) is 4.68 Å². The summed E-state index contributed by atoms with van der Waals surface area (Å²) in [7, 11) is 5.68. The van der Waals surface area contributed by atoms with E-state index in [0.29, 0.717) is 0 Å². The van der Waals surface area contributed by atoms with Crippen LogP contribution in [0.3, 0.4) is 0 Å². The van der Waals surface area contributed by atoms with E-state index in [4.69, 9.17) is 4.74 Å². The topological polar surface area (TPSA) is 39.1 Å². The minimum Gasteiger partial charge on any atom is -0.496 e. The molecule has 3 rings (SSSR count). The number of hydrogen-bond donors (Lipinski definition) is 1. The second-order valence-corrected chi connectivity index (χ2v) is 5.96. The zero-order valence-electron chi connectivity index (χ0n) is 12.5. The quantitative estimate of drug-likeness (QED) is 0.787. The maximum absolute atomic E-state index is 5.28. The molecule has 1 aromatic carbocycles. The first-order valence-electron chi connectivity index (χ1n) is 6.93. The number of aryl methyl sites for hydroxylation is 1. The van der Waals surface area contributed by atoms with Crippen molar-refractivity contribution in [3.8, 4) is 5.75 Å². The number of ether oxygens (including phenoxy) is 1. The van der Waals surface area contributed by atoms with E-state index in [2.05, 4.69) is 34.7 Å².